The Balaban J connectivity index is 0.000000404. The summed E-state index contributed by atoms with van der Waals surface area (Å²) in [5.74, 6) is 1.32. The Morgan fingerprint density at radius 1 is 1.18 bits per heavy atom. The van der Waals surface area contributed by atoms with E-state index in [-0.39, 0.29) is 22.7 Å². The number of thiol groups is 1. The van der Waals surface area contributed by atoms with Gasteiger partial charge in [0, 0.05) is 24.2 Å². The van der Waals surface area contributed by atoms with Crippen molar-refractivity contribution in [1.29, 1.82) is 5.41 Å². The third-order valence-electron chi connectivity index (χ3n) is 6.27. The zero-order valence-corrected chi connectivity index (χ0v) is 25.0. The molecule has 2 unspecified atom stereocenters. The third kappa shape index (κ3) is 10.5. The van der Waals surface area contributed by atoms with Crippen molar-refractivity contribution in [2.24, 2.45) is 0 Å². The molecule has 1 aliphatic rings. The first-order chi connectivity index (χ1) is 20.9. The molecule has 0 radical (unpaired) electrons. The number of aliphatic hydroxyl groups excluding tert-OH is 1. The summed E-state index contributed by atoms with van der Waals surface area (Å²) in [4.78, 5) is 7.63. The van der Waals surface area contributed by atoms with Crippen LogP contribution in [-0.2, 0) is 6.42 Å². The van der Waals surface area contributed by atoms with Crippen LogP contribution in [0.5, 0.6) is 23.3 Å². The fourth-order valence-corrected chi connectivity index (χ4v) is 4.28. The standard InChI is InChI=1S/C24H25F3N2O3S.C6H9N3O2/c1-15(3-2-10-28)20(30)14-29-13-19-7-4-18-11-16(5-8-21(18)31-19)17-6-9-23(33)22(12-17)32-24(25,26)27;1-10-4-3-5(11-2)9-6(7)8-4/h2-3,5-6,8-12,19-20,28-30,33H,1,4,7,13-14H2;3H,1-2H3,(H2,7,8,9)/b3-2-,28-10?;. The minimum Gasteiger partial charge on any atom is -0.489 e. The molecule has 0 saturated heterocycles. The summed E-state index contributed by atoms with van der Waals surface area (Å²) in [6, 6.07) is 11.6. The van der Waals surface area contributed by atoms with Crippen molar-refractivity contribution < 1.29 is 37.2 Å². The van der Waals surface area contributed by atoms with Crippen LogP contribution in [0.25, 0.3) is 11.1 Å². The van der Waals surface area contributed by atoms with Gasteiger partial charge in [-0.25, -0.2) is 0 Å². The summed E-state index contributed by atoms with van der Waals surface area (Å²) >= 11 is 4.04. The van der Waals surface area contributed by atoms with Crippen molar-refractivity contribution in [3.63, 3.8) is 0 Å². The largest absolute Gasteiger partial charge is 0.573 e. The molecule has 0 amide bonds. The molecule has 2 atom stereocenters. The molecule has 3 aromatic rings. The molecule has 14 heteroatoms. The number of benzene rings is 2. The molecule has 236 valence electrons. The summed E-state index contributed by atoms with van der Waals surface area (Å²) in [7, 11) is 3.00. The lowest BCUT2D eigenvalue weighted by Gasteiger charge is -2.27. The first-order valence-corrected chi connectivity index (χ1v) is 13.7. The van der Waals surface area contributed by atoms with Gasteiger partial charge in [0.25, 0.3) is 0 Å². The number of halogens is 3. The number of alkyl halides is 3. The van der Waals surface area contributed by atoms with Crippen molar-refractivity contribution in [3.8, 4) is 34.4 Å². The number of aromatic nitrogens is 2. The topological polar surface area (TPSA) is 145 Å². The highest BCUT2D eigenvalue weighted by Gasteiger charge is 2.32. The Morgan fingerprint density at radius 3 is 2.48 bits per heavy atom. The van der Waals surface area contributed by atoms with E-state index in [2.05, 4.69) is 39.2 Å². The van der Waals surface area contributed by atoms with Crippen molar-refractivity contribution in [3.05, 3.63) is 72.3 Å². The van der Waals surface area contributed by atoms with Gasteiger partial charge in [0.2, 0.25) is 17.7 Å². The second kappa shape index (κ2) is 16.0. The van der Waals surface area contributed by atoms with Crippen LogP contribution in [-0.4, -0.2) is 67.2 Å². The Morgan fingerprint density at radius 2 is 1.84 bits per heavy atom. The summed E-state index contributed by atoms with van der Waals surface area (Å²) in [6.07, 6.45) is 0.100. The Labute approximate surface area is 258 Å². The number of ether oxygens (including phenoxy) is 4. The zero-order valence-electron chi connectivity index (χ0n) is 24.1. The maximum atomic E-state index is 12.6. The monoisotopic (exact) mass is 633 g/mol. The SMILES string of the molecule is C=C(/C=C\C=N)C(O)CNCC1CCc2cc(-c3ccc(S)c(OC(F)(F)F)c3)ccc2O1.COc1cc(OC)nc(N)n1. The van der Waals surface area contributed by atoms with Crippen LogP contribution >= 0.6 is 12.6 Å². The third-order valence-corrected chi connectivity index (χ3v) is 6.64. The number of nitrogens with zero attached hydrogens (tertiary/aromatic N) is 2. The average molecular weight is 634 g/mol. The summed E-state index contributed by atoms with van der Waals surface area (Å²) in [5, 5.41) is 20.2. The second-order valence-corrected chi connectivity index (χ2v) is 9.90. The molecule has 44 heavy (non-hydrogen) atoms. The van der Waals surface area contributed by atoms with Gasteiger partial charge in [-0.2, -0.15) is 9.97 Å². The van der Waals surface area contributed by atoms with Gasteiger partial charge < -0.3 is 40.5 Å². The number of allylic oxidation sites excluding steroid dienone is 1. The molecule has 2 heterocycles. The molecule has 2 aromatic carbocycles. The van der Waals surface area contributed by atoms with Crippen molar-refractivity contribution in [2.45, 2.75) is 36.3 Å². The number of anilines is 1. The normalized spacial score (nSPS) is 14.8. The van der Waals surface area contributed by atoms with Gasteiger partial charge >= 0.3 is 6.36 Å². The van der Waals surface area contributed by atoms with E-state index in [1.165, 1.54) is 32.4 Å². The van der Waals surface area contributed by atoms with E-state index < -0.39 is 12.5 Å². The fourth-order valence-electron chi connectivity index (χ4n) is 4.09. The van der Waals surface area contributed by atoms with Crippen LogP contribution in [0.4, 0.5) is 19.1 Å². The van der Waals surface area contributed by atoms with Crippen LogP contribution in [0.1, 0.15) is 12.0 Å². The van der Waals surface area contributed by atoms with Crippen molar-refractivity contribution >= 4 is 24.8 Å². The van der Waals surface area contributed by atoms with Crippen LogP contribution in [0, 0.1) is 5.41 Å². The van der Waals surface area contributed by atoms with Crippen LogP contribution in [0.15, 0.2) is 71.7 Å². The summed E-state index contributed by atoms with van der Waals surface area (Å²) < 4.78 is 57.7. The number of hydrogen-bond donors (Lipinski definition) is 5. The average Bonchev–Trinajstić information content (AvgIpc) is 2.99. The summed E-state index contributed by atoms with van der Waals surface area (Å²) in [5.41, 5.74) is 8.17. The van der Waals surface area contributed by atoms with E-state index in [1.54, 1.807) is 24.3 Å². The second-order valence-electron chi connectivity index (χ2n) is 9.42. The Bertz CT molecular complexity index is 1450. The number of nitrogens with one attached hydrogen (secondary N) is 2. The van der Waals surface area contributed by atoms with Crippen molar-refractivity contribution in [1.82, 2.24) is 15.3 Å². The Kier molecular flexibility index (Phi) is 12.4. The lowest BCUT2D eigenvalue weighted by molar-refractivity contribution is -0.275. The zero-order chi connectivity index (χ0) is 32.3. The lowest BCUT2D eigenvalue weighted by Crippen LogP contribution is -2.38. The number of aryl methyl sites for hydroxylation is 1. The lowest BCUT2D eigenvalue weighted by atomic mass is 9.97. The number of rotatable bonds is 11. The molecule has 0 aliphatic carbocycles. The molecule has 5 N–H and O–H groups in total. The number of hydrogen-bond acceptors (Lipinski definition) is 11. The van der Waals surface area contributed by atoms with Crippen LogP contribution < -0.4 is 30.0 Å². The minimum absolute atomic E-state index is 0.0730. The van der Waals surface area contributed by atoms with Gasteiger partial charge in [-0.05, 0) is 65.4 Å². The van der Waals surface area contributed by atoms with Gasteiger partial charge in [-0.3, -0.25) is 0 Å². The molecule has 4 rings (SSSR count). The minimum atomic E-state index is -4.79. The van der Waals surface area contributed by atoms with Gasteiger partial charge in [-0.1, -0.05) is 24.8 Å². The molecule has 0 bridgehead atoms. The van der Waals surface area contributed by atoms with Gasteiger partial charge in [0.1, 0.15) is 17.6 Å². The van der Waals surface area contributed by atoms with Gasteiger partial charge in [-0.15, -0.1) is 25.8 Å². The quantitative estimate of drug-likeness (QED) is 0.112. The highest BCUT2D eigenvalue weighted by atomic mass is 32.1. The number of nitrogens with two attached hydrogens (primary N) is 1. The van der Waals surface area contributed by atoms with Gasteiger partial charge in [0.15, 0.2) is 0 Å². The molecule has 0 spiro atoms. The molecular formula is C30H34F3N5O5S. The van der Waals surface area contributed by atoms with Crippen LogP contribution in [0.3, 0.4) is 0 Å². The van der Waals surface area contributed by atoms with E-state index in [0.717, 1.165) is 35.9 Å². The molecule has 0 saturated carbocycles. The van der Waals surface area contributed by atoms with E-state index in [0.29, 0.717) is 36.0 Å². The van der Waals surface area contributed by atoms with E-state index >= 15 is 0 Å². The van der Waals surface area contributed by atoms with E-state index in [4.69, 9.17) is 25.4 Å². The van der Waals surface area contributed by atoms with E-state index in [1.807, 2.05) is 12.1 Å². The number of methoxy groups -OCH3 is 2. The maximum Gasteiger partial charge on any atom is 0.573 e. The Hall–Kier alpha value is -4.27. The highest BCUT2D eigenvalue weighted by Crippen LogP contribution is 2.36. The first-order valence-electron chi connectivity index (χ1n) is 13.3. The number of nitrogen functional groups attached to an aromatic ring is 1. The number of fused-ring (bicyclic) bond motifs is 1. The number of aliphatic hydroxyl groups is 1. The highest BCUT2D eigenvalue weighted by molar-refractivity contribution is 7.80. The predicted octanol–water partition coefficient (Wildman–Crippen LogP) is 5.02. The molecule has 1 aliphatic heterocycles. The first kappa shape index (κ1) is 34.2. The van der Waals surface area contributed by atoms with Crippen molar-refractivity contribution in [2.75, 3.05) is 33.0 Å². The molecule has 10 nitrogen and oxygen atoms in total. The molecular weight excluding hydrogens is 599 g/mol. The molecule has 0 fully saturated rings. The smallest absolute Gasteiger partial charge is 0.489 e. The fraction of sp³-hybridized carbons (Fsp3) is 0.300. The van der Waals surface area contributed by atoms with E-state index in [9.17, 15) is 18.3 Å². The summed E-state index contributed by atoms with van der Waals surface area (Å²) in [6.45, 7) is 4.63. The van der Waals surface area contributed by atoms with Gasteiger partial charge in [0.05, 0.1) is 26.4 Å². The predicted molar refractivity (Wildman–Crippen MR) is 164 cm³/mol. The molecule has 1 aromatic heterocycles. The maximum absolute atomic E-state index is 12.6. The van der Waals surface area contributed by atoms with Crippen LogP contribution in [0.2, 0.25) is 0 Å².